The standard InChI is InChI=1S/C7H6F3NO5S2/c8-7(9,10)6-4(17(11,12)13)2-1-3-5(6)18(14,15)16/h1-3H,(H2,11,12,13)(H,14,15,16). The summed E-state index contributed by atoms with van der Waals surface area (Å²) in [5.41, 5.74) is -2.02. The number of hydrogen-bond donors (Lipinski definition) is 2. The molecule has 0 saturated carbocycles. The van der Waals surface area contributed by atoms with Crippen molar-refractivity contribution in [3.8, 4) is 0 Å². The highest BCUT2D eigenvalue weighted by molar-refractivity contribution is 7.89. The van der Waals surface area contributed by atoms with Gasteiger partial charge in [0, 0.05) is 0 Å². The molecule has 1 aromatic rings. The number of nitrogens with two attached hydrogens (primary N) is 1. The summed E-state index contributed by atoms with van der Waals surface area (Å²) in [6, 6.07) is 1.64. The molecule has 18 heavy (non-hydrogen) atoms. The molecule has 0 aliphatic carbocycles. The molecule has 0 spiro atoms. The smallest absolute Gasteiger partial charge is 0.282 e. The zero-order valence-electron chi connectivity index (χ0n) is 8.34. The number of benzene rings is 1. The van der Waals surface area contributed by atoms with Crippen LogP contribution in [0.15, 0.2) is 28.0 Å². The Balaban J connectivity index is 3.91. The van der Waals surface area contributed by atoms with E-state index in [4.69, 9.17) is 4.55 Å². The van der Waals surface area contributed by atoms with Crippen molar-refractivity contribution in [3.63, 3.8) is 0 Å². The molecule has 0 heterocycles. The van der Waals surface area contributed by atoms with E-state index in [2.05, 4.69) is 5.14 Å². The van der Waals surface area contributed by atoms with Gasteiger partial charge < -0.3 is 0 Å². The molecule has 0 aromatic heterocycles. The van der Waals surface area contributed by atoms with Crippen molar-refractivity contribution >= 4 is 20.1 Å². The van der Waals surface area contributed by atoms with E-state index in [1.807, 2.05) is 0 Å². The van der Waals surface area contributed by atoms with Gasteiger partial charge >= 0.3 is 6.18 Å². The Hall–Kier alpha value is -1.17. The summed E-state index contributed by atoms with van der Waals surface area (Å²) >= 11 is 0. The summed E-state index contributed by atoms with van der Waals surface area (Å²) in [6.45, 7) is 0. The van der Waals surface area contributed by atoms with Crippen molar-refractivity contribution in [1.29, 1.82) is 0 Å². The number of primary sulfonamides is 1. The van der Waals surface area contributed by atoms with Gasteiger partial charge in [0.25, 0.3) is 10.1 Å². The van der Waals surface area contributed by atoms with E-state index in [-0.39, 0.29) is 0 Å². The number of rotatable bonds is 2. The predicted molar refractivity (Wildman–Crippen MR) is 52.6 cm³/mol. The Labute approximate surface area is 100 Å². The van der Waals surface area contributed by atoms with Crippen molar-refractivity contribution in [2.45, 2.75) is 16.0 Å². The highest BCUT2D eigenvalue weighted by Gasteiger charge is 2.41. The van der Waals surface area contributed by atoms with E-state index in [9.17, 15) is 30.0 Å². The summed E-state index contributed by atoms with van der Waals surface area (Å²) < 4.78 is 90.2. The lowest BCUT2D eigenvalue weighted by atomic mass is 10.2. The van der Waals surface area contributed by atoms with Crippen LogP contribution in [0.2, 0.25) is 0 Å². The lowest BCUT2D eigenvalue weighted by molar-refractivity contribution is -0.142. The molecular formula is C7H6F3NO5S2. The maximum absolute atomic E-state index is 12.7. The zero-order chi connectivity index (χ0) is 14.4. The van der Waals surface area contributed by atoms with Crippen LogP contribution in [0.4, 0.5) is 13.2 Å². The third kappa shape index (κ3) is 2.98. The van der Waals surface area contributed by atoms with Gasteiger partial charge in [-0.2, -0.15) is 21.6 Å². The second kappa shape index (κ2) is 4.19. The topological polar surface area (TPSA) is 115 Å². The Morgan fingerprint density at radius 3 is 1.83 bits per heavy atom. The Morgan fingerprint density at radius 2 is 1.50 bits per heavy atom. The molecule has 1 rings (SSSR count). The van der Waals surface area contributed by atoms with Crippen molar-refractivity contribution in [3.05, 3.63) is 23.8 Å². The van der Waals surface area contributed by atoms with E-state index in [1.165, 1.54) is 0 Å². The van der Waals surface area contributed by atoms with Crippen molar-refractivity contribution in [2.75, 3.05) is 0 Å². The maximum atomic E-state index is 12.7. The number of halogens is 3. The fourth-order valence-electron chi connectivity index (χ4n) is 1.24. The minimum Gasteiger partial charge on any atom is -0.282 e. The van der Waals surface area contributed by atoms with E-state index in [1.54, 1.807) is 0 Å². The minimum atomic E-state index is -5.31. The molecular weight excluding hydrogens is 299 g/mol. The van der Waals surface area contributed by atoms with Gasteiger partial charge in [0.1, 0.15) is 4.90 Å². The third-order valence-corrected chi connectivity index (χ3v) is 3.71. The van der Waals surface area contributed by atoms with Gasteiger partial charge in [-0.15, -0.1) is 0 Å². The highest BCUT2D eigenvalue weighted by atomic mass is 32.2. The van der Waals surface area contributed by atoms with Crippen LogP contribution in [0.25, 0.3) is 0 Å². The van der Waals surface area contributed by atoms with Gasteiger partial charge in [-0.1, -0.05) is 6.07 Å². The van der Waals surface area contributed by atoms with Gasteiger partial charge in [0.15, 0.2) is 0 Å². The Morgan fingerprint density at radius 1 is 1.06 bits per heavy atom. The van der Waals surface area contributed by atoms with Crippen molar-refractivity contribution in [2.24, 2.45) is 5.14 Å². The Bertz CT molecular complexity index is 627. The highest BCUT2D eigenvalue weighted by Crippen LogP contribution is 2.38. The molecule has 0 saturated heterocycles. The summed E-state index contributed by atoms with van der Waals surface area (Å²) in [7, 11) is -10.0. The fraction of sp³-hybridized carbons (Fsp3) is 0.143. The average molecular weight is 305 g/mol. The van der Waals surface area contributed by atoms with Gasteiger partial charge in [0.05, 0.1) is 10.5 Å². The SMILES string of the molecule is NS(=O)(=O)c1cccc(S(=O)(=O)O)c1C(F)(F)F. The molecule has 0 amide bonds. The summed E-state index contributed by atoms with van der Waals surface area (Å²) in [5.74, 6) is 0. The van der Waals surface area contributed by atoms with Crippen molar-refractivity contribution in [1.82, 2.24) is 0 Å². The van der Waals surface area contributed by atoms with Gasteiger partial charge in [-0.3, -0.25) is 4.55 Å². The van der Waals surface area contributed by atoms with Crippen LogP contribution in [0.3, 0.4) is 0 Å². The van der Waals surface area contributed by atoms with E-state index in [0.29, 0.717) is 12.1 Å². The van der Waals surface area contributed by atoms with Crippen LogP contribution in [-0.4, -0.2) is 21.4 Å². The van der Waals surface area contributed by atoms with Crippen LogP contribution in [-0.2, 0) is 26.3 Å². The molecule has 0 unspecified atom stereocenters. The summed E-state index contributed by atoms with van der Waals surface area (Å²) in [4.78, 5) is -2.99. The number of alkyl halides is 3. The van der Waals surface area contributed by atoms with Crippen molar-refractivity contribution < 1.29 is 34.6 Å². The van der Waals surface area contributed by atoms with Crippen LogP contribution in [0.1, 0.15) is 5.56 Å². The first-order chi connectivity index (χ1) is 7.85. The molecule has 1 aromatic carbocycles. The molecule has 6 nitrogen and oxygen atoms in total. The Kier molecular flexibility index (Phi) is 3.46. The number of hydrogen-bond acceptors (Lipinski definition) is 4. The molecule has 102 valence electrons. The maximum Gasteiger partial charge on any atom is 0.419 e. The second-order valence-electron chi connectivity index (χ2n) is 3.15. The average Bonchev–Trinajstić information content (AvgIpc) is 2.12. The molecule has 3 N–H and O–H groups in total. The second-order valence-corrected chi connectivity index (χ2v) is 6.07. The van der Waals surface area contributed by atoms with E-state index < -0.39 is 41.7 Å². The van der Waals surface area contributed by atoms with Crippen LogP contribution >= 0.6 is 0 Å². The lowest BCUT2D eigenvalue weighted by Crippen LogP contribution is -2.22. The summed E-state index contributed by atoms with van der Waals surface area (Å²) in [5, 5.41) is 4.56. The van der Waals surface area contributed by atoms with Crippen LogP contribution < -0.4 is 5.14 Å². The first-order valence-corrected chi connectivity index (χ1v) is 7.04. The minimum absolute atomic E-state index is 0.423. The fourth-order valence-corrected chi connectivity index (χ4v) is 2.82. The molecule has 0 radical (unpaired) electrons. The first-order valence-electron chi connectivity index (χ1n) is 4.05. The molecule has 0 aliphatic heterocycles. The monoisotopic (exact) mass is 305 g/mol. The molecule has 0 aliphatic rings. The lowest BCUT2D eigenvalue weighted by Gasteiger charge is -2.14. The van der Waals surface area contributed by atoms with Gasteiger partial charge in [-0.05, 0) is 12.1 Å². The van der Waals surface area contributed by atoms with Crippen LogP contribution in [0.5, 0.6) is 0 Å². The molecule has 0 fully saturated rings. The van der Waals surface area contributed by atoms with E-state index in [0.717, 1.165) is 6.07 Å². The quantitative estimate of drug-likeness (QED) is 0.776. The van der Waals surface area contributed by atoms with Crippen LogP contribution in [0, 0.1) is 0 Å². The van der Waals surface area contributed by atoms with Gasteiger partial charge in [0.2, 0.25) is 10.0 Å². The normalized spacial score (nSPS) is 13.6. The molecule has 11 heteroatoms. The predicted octanol–water partition coefficient (Wildman–Crippen LogP) is 0.600. The third-order valence-electron chi connectivity index (χ3n) is 1.86. The largest absolute Gasteiger partial charge is 0.419 e. The van der Waals surface area contributed by atoms with Gasteiger partial charge in [-0.25, -0.2) is 13.6 Å². The molecule has 0 atom stereocenters. The zero-order valence-corrected chi connectivity index (χ0v) is 9.97. The summed E-state index contributed by atoms with van der Waals surface area (Å²) in [6.07, 6.45) is -5.31. The number of sulfonamides is 1. The molecule has 0 bridgehead atoms. The van der Waals surface area contributed by atoms with E-state index >= 15 is 0 Å². The first kappa shape index (κ1) is 14.9.